The molecule has 3 aromatic carbocycles. The van der Waals surface area contributed by atoms with E-state index in [0.717, 1.165) is 43.6 Å². The summed E-state index contributed by atoms with van der Waals surface area (Å²) in [5.41, 5.74) is 4.80. The maximum Gasteiger partial charge on any atom is 0.271 e. The van der Waals surface area contributed by atoms with Crippen LogP contribution in [0.2, 0.25) is 0 Å². The number of hydrogen-bond donors (Lipinski definition) is 1. The van der Waals surface area contributed by atoms with E-state index in [4.69, 9.17) is 9.47 Å². The van der Waals surface area contributed by atoms with E-state index < -0.39 is 16.8 Å². The predicted molar refractivity (Wildman–Crippen MR) is 176 cm³/mol. The summed E-state index contributed by atoms with van der Waals surface area (Å²) in [7, 11) is 1.61. The molecule has 1 aromatic heterocycles. The van der Waals surface area contributed by atoms with Gasteiger partial charge < -0.3 is 14.6 Å². The standard InChI is InChI=1S/C37H33N3O7/c1-46-20-24-18-29-35(37(43)39(36(29)42)25-7-6-8-26(19-25)40(44)45)30-21-47-33(34(24)30)15-13-23(31-11-4-5-16-38-31)17-22-12-14-32(41)28-10-3-2-9-27(22)28/h2-12,14,16-17,19,29-30,33,35,41H,13,15,18,20-21H2,1H3/b23-17-/t29-,30+,33-,35-/m1/s1. The monoisotopic (exact) mass is 631 g/mol. The first-order valence-corrected chi connectivity index (χ1v) is 15.6. The lowest BCUT2D eigenvalue weighted by Gasteiger charge is -2.31. The molecule has 3 heterocycles. The summed E-state index contributed by atoms with van der Waals surface area (Å²) in [4.78, 5) is 44.3. The minimum absolute atomic E-state index is 0.182. The molecule has 4 atom stereocenters. The number of nitro groups is 1. The summed E-state index contributed by atoms with van der Waals surface area (Å²) in [5, 5.41) is 23.6. The molecule has 0 saturated carbocycles. The van der Waals surface area contributed by atoms with E-state index in [-0.39, 0.29) is 41.0 Å². The summed E-state index contributed by atoms with van der Waals surface area (Å²) >= 11 is 0. The fraction of sp³-hybridized carbons (Fsp3) is 0.270. The van der Waals surface area contributed by atoms with E-state index in [2.05, 4.69) is 11.1 Å². The number of non-ortho nitro benzene ring substituents is 1. The molecule has 0 unspecified atom stereocenters. The maximum atomic E-state index is 13.9. The smallest absolute Gasteiger partial charge is 0.271 e. The van der Waals surface area contributed by atoms with Gasteiger partial charge in [0.1, 0.15) is 5.75 Å². The first-order chi connectivity index (χ1) is 22.9. The highest BCUT2D eigenvalue weighted by molar-refractivity contribution is 6.22. The fourth-order valence-corrected chi connectivity index (χ4v) is 7.51. The summed E-state index contributed by atoms with van der Waals surface area (Å²) in [6.07, 6.45) is 5.18. The van der Waals surface area contributed by atoms with Crippen LogP contribution in [-0.4, -0.2) is 53.3 Å². The molecule has 2 aliphatic heterocycles. The zero-order chi connectivity index (χ0) is 32.7. The Morgan fingerprint density at radius 2 is 1.85 bits per heavy atom. The van der Waals surface area contributed by atoms with Gasteiger partial charge in [-0.3, -0.25) is 24.7 Å². The number of anilines is 1. The van der Waals surface area contributed by atoms with Gasteiger partial charge in [0.2, 0.25) is 11.8 Å². The summed E-state index contributed by atoms with van der Waals surface area (Å²) in [6, 6.07) is 22.8. The number of aromatic hydroxyl groups is 1. The third kappa shape index (κ3) is 5.49. The second kappa shape index (κ2) is 12.5. The Hall–Kier alpha value is -5.19. The van der Waals surface area contributed by atoms with E-state index in [0.29, 0.717) is 32.5 Å². The molecule has 3 aliphatic rings. The van der Waals surface area contributed by atoms with Crippen molar-refractivity contribution in [3.05, 3.63) is 118 Å². The van der Waals surface area contributed by atoms with Crippen molar-refractivity contribution in [3.63, 3.8) is 0 Å². The van der Waals surface area contributed by atoms with Gasteiger partial charge in [-0.25, -0.2) is 4.90 Å². The summed E-state index contributed by atoms with van der Waals surface area (Å²) in [5.74, 6) is -1.98. The van der Waals surface area contributed by atoms with Gasteiger partial charge in [-0.1, -0.05) is 42.5 Å². The van der Waals surface area contributed by atoms with Gasteiger partial charge in [0.15, 0.2) is 0 Å². The van der Waals surface area contributed by atoms with Crippen molar-refractivity contribution in [2.75, 3.05) is 25.2 Å². The number of carbonyl (C=O) groups is 2. The zero-order valence-electron chi connectivity index (χ0n) is 25.7. The third-order valence-corrected chi connectivity index (χ3v) is 9.56. The molecular formula is C37H33N3O7. The number of allylic oxidation sites excluding steroid dienone is 1. The maximum absolute atomic E-state index is 13.9. The van der Waals surface area contributed by atoms with Crippen LogP contribution in [0.15, 0.2) is 96.2 Å². The summed E-state index contributed by atoms with van der Waals surface area (Å²) < 4.78 is 12.0. The fourth-order valence-electron chi connectivity index (χ4n) is 7.51. The van der Waals surface area contributed by atoms with E-state index >= 15 is 0 Å². The van der Waals surface area contributed by atoms with E-state index in [1.807, 2.05) is 48.5 Å². The van der Waals surface area contributed by atoms with Crippen molar-refractivity contribution in [2.45, 2.75) is 25.4 Å². The highest BCUT2D eigenvalue weighted by atomic mass is 16.6. The number of nitrogens with zero attached hydrogens (tertiary/aromatic N) is 3. The van der Waals surface area contributed by atoms with Gasteiger partial charge in [-0.2, -0.15) is 0 Å². The second-order valence-corrected chi connectivity index (χ2v) is 12.2. The molecule has 10 heteroatoms. The number of benzene rings is 3. The topological polar surface area (TPSA) is 132 Å². The van der Waals surface area contributed by atoms with Gasteiger partial charge in [0.25, 0.3) is 5.69 Å². The summed E-state index contributed by atoms with van der Waals surface area (Å²) in [6.45, 7) is 0.608. The molecular weight excluding hydrogens is 598 g/mol. The number of fused-ring (bicyclic) bond motifs is 4. The van der Waals surface area contributed by atoms with Crippen LogP contribution in [0.5, 0.6) is 5.75 Å². The molecule has 238 valence electrons. The number of pyridine rings is 1. The number of carbonyl (C=O) groups excluding carboxylic acids is 2. The van der Waals surface area contributed by atoms with Crippen LogP contribution in [-0.2, 0) is 19.1 Å². The van der Waals surface area contributed by atoms with Crippen LogP contribution in [0.3, 0.4) is 0 Å². The lowest BCUT2D eigenvalue weighted by atomic mass is 9.69. The normalized spacial score (nSPS) is 22.6. The molecule has 1 aliphatic carbocycles. The number of ether oxygens (including phenoxy) is 2. The molecule has 2 amide bonds. The van der Waals surface area contributed by atoms with Gasteiger partial charge in [-0.05, 0) is 77.3 Å². The Morgan fingerprint density at radius 3 is 2.62 bits per heavy atom. The molecule has 4 aromatic rings. The number of imide groups is 1. The molecule has 1 N–H and O–H groups in total. The highest BCUT2D eigenvalue weighted by Gasteiger charge is 2.57. The Balaban J connectivity index is 1.19. The van der Waals surface area contributed by atoms with Crippen molar-refractivity contribution in [3.8, 4) is 5.75 Å². The second-order valence-electron chi connectivity index (χ2n) is 12.2. The molecule has 2 fully saturated rings. The van der Waals surface area contributed by atoms with Crippen molar-refractivity contribution in [1.82, 2.24) is 4.98 Å². The number of hydrogen-bond acceptors (Lipinski definition) is 8. The molecule has 0 spiro atoms. The third-order valence-electron chi connectivity index (χ3n) is 9.56. The number of rotatable bonds is 9. The average Bonchev–Trinajstić information content (AvgIpc) is 3.62. The molecule has 10 nitrogen and oxygen atoms in total. The number of aromatic nitrogens is 1. The highest BCUT2D eigenvalue weighted by Crippen LogP contribution is 2.51. The van der Waals surface area contributed by atoms with Crippen LogP contribution in [0.25, 0.3) is 22.4 Å². The van der Waals surface area contributed by atoms with E-state index in [1.165, 1.54) is 18.2 Å². The van der Waals surface area contributed by atoms with Gasteiger partial charge in [-0.15, -0.1) is 0 Å². The number of amides is 2. The van der Waals surface area contributed by atoms with Crippen LogP contribution in [0.4, 0.5) is 11.4 Å². The van der Waals surface area contributed by atoms with Gasteiger partial charge in [0.05, 0.1) is 47.5 Å². The lowest BCUT2D eigenvalue weighted by Crippen LogP contribution is -2.35. The average molecular weight is 632 g/mol. The largest absolute Gasteiger partial charge is 0.507 e. The number of phenols is 1. The number of methoxy groups -OCH3 is 1. The molecule has 47 heavy (non-hydrogen) atoms. The quantitative estimate of drug-likeness (QED) is 0.0980. The Morgan fingerprint density at radius 1 is 1.04 bits per heavy atom. The first-order valence-electron chi connectivity index (χ1n) is 15.6. The molecule has 7 rings (SSSR count). The van der Waals surface area contributed by atoms with Gasteiger partial charge >= 0.3 is 0 Å². The van der Waals surface area contributed by atoms with Crippen LogP contribution in [0.1, 0.15) is 30.5 Å². The number of phenolic OH excluding ortho intramolecular Hbond substituents is 1. The number of nitro benzene ring substituents is 1. The van der Waals surface area contributed by atoms with Crippen molar-refractivity contribution in [2.24, 2.45) is 17.8 Å². The SMILES string of the molecule is COCC1=C2[C@@H](CC/C(=C/c3ccc(O)c4ccccc34)c3ccccn3)OC[C@@H]2[C@@H]2C(=O)N(c3cccc([N+](=O)[O-])c3)C(=O)[C@@H]2C1. The zero-order valence-corrected chi connectivity index (χ0v) is 25.7. The van der Waals surface area contributed by atoms with Crippen molar-refractivity contribution in [1.29, 1.82) is 0 Å². The van der Waals surface area contributed by atoms with Crippen LogP contribution >= 0.6 is 0 Å². The van der Waals surface area contributed by atoms with Crippen molar-refractivity contribution < 1.29 is 29.1 Å². The van der Waals surface area contributed by atoms with Gasteiger partial charge in [0, 0.05) is 36.7 Å². The lowest BCUT2D eigenvalue weighted by molar-refractivity contribution is -0.384. The Labute approximate surface area is 271 Å². The first kappa shape index (κ1) is 30.5. The Kier molecular flexibility index (Phi) is 8.13. The van der Waals surface area contributed by atoms with Crippen molar-refractivity contribution >= 4 is 45.6 Å². The molecule has 0 radical (unpaired) electrons. The molecule has 2 saturated heterocycles. The Bertz CT molecular complexity index is 1950. The minimum Gasteiger partial charge on any atom is -0.507 e. The van der Waals surface area contributed by atoms with E-state index in [1.54, 1.807) is 25.4 Å². The van der Waals surface area contributed by atoms with Crippen LogP contribution in [0, 0.1) is 27.9 Å². The molecule has 0 bridgehead atoms. The minimum atomic E-state index is -0.614. The predicted octanol–water partition coefficient (Wildman–Crippen LogP) is 6.34. The van der Waals surface area contributed by atoms with E-state index in [9.17, 15) is 24.8 Å². The van der Waals surface area contributed by atoms with Crippen LogP contribution < -0.4 is 4.90 Å².